The lowest BCUT2D eigenvalue weighted by Crippen LogP contribution is -2.51. The molecule has 34 heavy (non-hydrogen) atoms. The molecular formula is C28H30ClFN2O2. The molecular weight excluding hydrogens is 451 g/mol. The monoisotopic (exact) mass is 480 g/mol. The maximum Gasteiger partial charge on any atom is 0.243 e. The van der Waals surface area contributed by atoms with E-state index in [4.69, 9.17) is 11.6 Å². The fraction of sp³-hybridized carbons (Fsp3) is 0.286. The Bertz CT molecular complexity index is 1090. The SMILES string of the molecule is CCCCNC(=O)[C@@H](Cc1ccccc1)N(Cc1ccccc1F)C(=O)Cc1ccccc1Cl. The van der Waals surface area contributed by atoms with E-state index in [2.05, 4.69) is 5.32 Å². The summed E-state index contributed by atoms with van der Waals surface area (Å²) in [7, 11) is 0. The van der Waals surface area contributed by atoms with Crippen LogP contribution in [0.2, 0.25) is 5.02 Å². The molecule has 0 aliphatic carbocycles. The van der Waals surface area contributed by atoms with E-state index in [1.807, 2.05) is 43.3 Å². The van der Waals surface area contributed by atoms with Crippen LogP contribution >= 0.6 is 11.6 Å². The molecule has 0 heterocycles. The normalized spacial score (nSPS) is 11.6. The summed E-state index contributed by atoms with van der Waals surface area (Å²) in [6.07, 6.45) is 2.11. The molecule has 1 N–H and O–H groups in total. The summed E-state index contributed by atoms with van der Waals surface area (Å²) in [5.41, 5.74) is 1.94. The molecule has 6 heteroatoms. The molecule has 0 aliphatic rings. The Morgan fingerprint density at radius 1 is 0.941 bits per heavy atom. The van der Waals surface area contributed by atoms with E-state index in [-0.39, 0.29) is 24.8 Å². The second kappa shape index (κ2) is 12.9. The summed E-state index contributed by atoms with van der Waals surface area (Å²) in [6.45, 7) is 2.55. The highest BCUT2D eigenvalue weighted by Gasteiger charge is 2.31. The van der Waals surface area contributed by atoms with Crippen molar-refractivity contribution < 1.29 is 14.0 Å². The van der Waals surface area contributed by atoms with Crippen LogP contribution in [0.15, 0.2) is 78.9 Å². The van der Waals surface area contributed by atoms with Crippen molar-refractivity contribution in [3.05, 3.63) is 106 Å². The van der Waals surface area contributed by atoms with Crippen LogP contribution in [0.25, 0.3) is 0 Å². The first-order valence-electron chi connectivity index (χ1n) is 11.6. The van der Waals surface area contributed by atoms with E-state index in [0.717, 1.165) is 18.4 Å². The molecule has 0 unspecified atom stereocenters. The maximum atomic E-state index is 14.6. The number of unbranched alkanes of at least 4 members (excludes halogenated alkanes) is 1. The number of nitrogens with one attached hydrogen (secondary N) is 1. The van der Waals surface area contributed by atoms with E-state index in [9.17, 15) is 14.0 Å². The Labute approximate surface area is 205 Å². The predicted octanol–water partition coefficient (Wildman–Crippen LogP) is 5.58. The minimum Gasteiger partial charge on any atom is -0.354 e. The van der Waals surface area contributed by atoms with Crippen LogP contribution in [0.1, 0.15) is 36.5 Å². The number of benzene rings is 3. The first-order valence-corrected chi connectivity index (χ1v) is 11.9. The van der Waals surface area contributed by atoms with Gasteiger partial charge in [-0.3, -0.25) is 9.59 Å². The molecule has 3 rings (SSSR count). The lowest BCUT2D eigenvalue weighted by atomic mass is 10.0. The van der Waals surface area contributed by atoms with Crippen LogP contribution in [0.5, 0.6) is 0 Å². The molecule has 0 aliphatic heterocycles. The summed E-state index contributed by atoms with van der Waals surface area (Å²) >= 11 is 6.30. The summed E-state index contributed by atoms with van der Waals surface area (Å²) in [6, 6.07) is 22.2. The van der Waals surface area contributed by atoms with Gasteiger partial charge >= 0.3 is 0 Å². The minimum atomic E-state index is -0.797. The van der Waals surface area contributed by atoms with Gasteiger partial charge in [-0.1, -0.05) is 91.7 Å². The zero-order chi connectivity index (χ0) is 24.3. The van der Waals surface area contributed by atoms with Gasteiger partial charge in [-0.25, -0.2) is 4.39 Å². The van der Waals surface area contributed by atoms with Crippen molar-refractivity contribution in [2.24, 2.45) is 0 Å². The topological polar surface area (TPSA) is 49.4 Å². The van der Waals surface area contributed by atoms with Gasteiger partial charge in [-0.05, 0) is 29.7 Å². The highest BCUT2D eigenvalue weighted by atomic mass is 35.5. The smallest absolute Gasteiger partial charge is 0.243 e. The lowest BCUT2D eigenvalue weighted by Gasteiger charge is -2.32. The van der Waals surface area contributed by atoms with Gasteiger partial charge < -0.3 is 10.2 Å². The Morgan fingerprint density at radius 2 is 1.59 bits per heavy atom. The molecule has 1 atom stereocenters. The number of hydrogen-bond donors (Lipinski definition) is 1. The molecule has 0 aromatic heterocycles. The zero-order valence-corrected chi connectivity index (χ0v) is 20.1. The summed E-state index contributed by atoms with van der Waals surface area (Å²) < 4.78 is 14.6. The van der Waals surface area contributed by atoms with Crippen LogP contribution in [-0.2, 0) is 29.0 Å². The Kier molecular flexibility index (Phi) is 9.65. The number of carbonyl (C=O) groups is 2. The minimum absolute atomic E-state index is 0.0155. The molecule has 3 aromatic rings. The third-order valence-electron chi connectivity index (χ3n) is 5.70. The molecule has 2 amide bonds. The number of rotatable bonds is 11. The van der Waals surface area contributed by atoms with Gasteiger partial charge in [0.1, 0.15) is 11.9 Å². The molecule has 0 fully saturated rings. The van der Waals surface area contributed by atoms with Crippen molar-refractivity contribution in [2.45, 2.75) is 45.2 Å². The second-order valence-electron chi connectivity index (χ2n) is 8.23. The van der Waals surface area contributed by atoms with Gasteiger partial charge in [0.2, 0.25) is 11.8 Å². The van der Waals surface area contributed by atoms with Gasteiger partial charge in [-0.15, -0.1) is 0 Å². The fourth-order valence-electron chi connectivity index (χ4n) is 3.78. The molecule has 178 valence electrons. The van der Waals surface area contributed by atoms with Crippen LogP contribution in [0, 0.1) is 5.82 Å². The standard InChI is InChI=1S/C28H30ClFN2O2/c1-2-3-17-31-28(34)26(18-21-11-5-4-6-12-21)32(20-23-14-8-10-16-25(23)30)27(33)19-22-13-7-9-15-24(22)29/h4-16,26H,2-3,17-20H2,1H3,(H,31,34)/t26-/m1/s1. The number of amides is 2. The third-order valence-corrected chi connectivity index (χ3v) is 6.07. The molecule has 0 radical (unpaired) electrons. The molecule has 0 saturated carbocycles. The van der Waals surface area contributed by atoms with Crippen molar-refractivity contribution in [2.75, 3.05) is 6.54 Å². The third kappa shape index (κ3) is 7.16. The number of halogens is 2. The van der Waals surface area contributed by atoms with E-state index >= 15 is 0 Å². The van der Waals surface area contributed by atoms with Crippen molar-refractivity contribution in [1.29, 1.82) is 0 Å². The zero-order valence-electron chi connectivity index (χ0n) is 19.3. The molecule has 0 saturated heterocycles. The number of hydrogen-bond acceptors (Lipinski definition) is 2. The van der Waals surface area contributed by atoms with Crippen molar-refractivity contribution >= 4 is 23.4 Å². The van der Waals surface area contributed by atoms with Crippen LogP contribution in [0.3, 0.4) is 0 Å². The molecule has 4 nitrogen and oxygen atoms in total. The summed E-state index contributed by atoms with van der Waals surface area (Å²) in [5, 5.41) is 3.44. The van der Waals surface area contributed by atoms with E-state index in [1.54, 1.807) is 36.4 Å². The van der Waals surface area contributed by atoms with Gasteiger partial charge in [0.25, 0.3) is 0 Å². The molecule has 0 spiro atoms. The van der Waals surface area contributed by atoms with Crippen LogP contribution in [-0.4, -0.2) is 29.3 Å². The van der Waals surface area contributed by atoms with Crippen LogP contribution in [0.4, 0.5) is 4.39 Å². The lowest BCUT2D eigenvalue weighted by molar-refractivity contribution is -0.140. The summed E-state index contributed by atoms with van der Waals surface area (Å²) in [5.74, 6) is -0.952. The van der Waals surface area contributed by atoms with Crippen molar-refractivity contribution in [3.63, 3.8) is 0 Å². The predicted molar refractivity (Wildman–Crippen MR) is 134 cm³/mol. The number of carbonyl (C=O) groups excluding carboxylic acids is 2. The average Bonchev–Trinajstić information content (AvgIpc) is 2.84. The van der Waals surface area contributed by atoms with Crippen molar-refractivity contribution in [3.8, 4) is 0 Å². The van der Waals surface area contributed by atoms with Gasteiger partial charge in [0.05, 0.1) is 6.42 Å². The van der Waals surface area contributed by atoms with Gasteiger partial charge in [-0.2, -0.15) is 0 Å². The number of nitrogens with zero attached hydrogens (tertiary/aromatic N) is 1. The fourth-order valence-corrected chi connectivity index (χ4v) is 3.98. The van der Waals surface area contributed by atoms with E-state index in [1.165, 1.54) is 11.0 Å². The molecule has 3 aromatic carbocycles. The Hall–Kier alpha value is -3.18. The van der Waals surface area contributed by atoms with E-state index in [0.29, 0.717) is 29.1 Å². The quantitative estimate of drug-likeness (QED) is 0.364. The Balaban J connectivity index is 1.96. The highest BCUT2D eigenvalue weighted by molar-refractivity contribution is 6.31. The largest absolute Gasteiger partial charge is 0.354 e. The highest BCUT2D eigenvalue weighted by Crippen LogP contribution is 2.21. The van der Waals surface area contributed by atoms with Crippen molar-refractivity contribution in [1.82, 2.24) is 10.2 Å². The first-order chi connectivity index (χ1) is 16.5. The maximum absolute atomic E-state index is 14.6. The Morgan fingerprint density at radius 3 is 2.26 bits per heavy atom. The summed E-state index contributed by atoms with van der Waals surface area (Å²) in [4.78, 5) is 28.4. The first kappa shape index (κ1) is 25.4. The van der Waals surface area contributed by atoms with Gasteiger partial charge in [0, 0.05) is 30.1 Å². The van der Waals surface area contributed by atoms with E-state index < -0.39 is 11.9 Å². The molecule has 0 bridgehead atoms. The van der Waals surface area contributed by atoms with Gasteiger partial charge in [0.15, 0.2) is 0 Å². The average molecular weight is 481 g/mol. The van der Waals surface area contributed by atoms with Crippen LogP contribution < -0.4 is 5.32 Å². The second-order valence-corrected chi connectivity index (χ2v) is 8.64.